The lowest BCUT2D eigenvalue weighted by Crippen LogP contribution is -2.57. The summed E-state index contributed by atoms with van der Waals surface area (Å²) in [6.45, 7) is 7.75. The zero-order valence-corrected chi connectivity index (χ0v) is 10.6. The Kier molecular flexibility index (Phi) is 6.03. The fourth-order valence-electron chi connectivity index (χ4n) is 1.30. The number of carbonyl (C=O) groups is 2. The first-order valence-corrected chi connectivity index (χ1v) is 5.78. The number of carbonyl (C=O) groups excluding carboxylic acids is 2. The number of hydrogen-bond donors (Lipinski definition) is 3. The van der Waals surface area contributed by atoms with Crippen molar-refractivity contribution in [3.63, 3.8) is 0 Å². The Labute approximate surface area is 97.2 Å². The minimum absolute atomic E-state index is 0.189. The molecule has 0 saturated carbocycles. The Morgan fingerprint density at radius 2 is 1.75 bits per heavy atom. The minimum atomic E-state index is -0.874. The van der Waals surface area contributed by atoms with E-state index in [1.54, 1.807) is 6.92 Å². The van der Waals surface area contributed by atoms with Gasteiger partial charge in [-0.2, -0.15) is 0 Å². The Morgan fingerprint density at radius 1 is 1.25 bits per heavy atom. The quantitative estimate of drug-likeness (QED) is 0.606. The van der Waals surface area contributed by atoms with E-state index < -0.39 is 11.6 Å². The number of rotatable bonds is 6. The van der Waals surface area contributed by atoms with Crippen molar-refractivity contribution in [2.75, 3.05) is 6.54 Å². The van der Waals surface area contributed by atoms with Crippen LogP contribution in [0.25, 0.3) is 0 Å². The zero-order valence-electron chi connectivity index (χ0n) is 10.6. The largest absolute Gasteiger partial charge is 0.355 e. The van der Waals surface area contributed by atoms with Gasteiger partial charge in [0.2, 0.25) is 11.8 Å². The van der Waals surface area contributed by atoms with Gasteiger partial charge in [0.1, 0.15) is 6.04 Å². The molecule has 0 aliphatic carbocycles. The van der Waals surface area contributed by atoms with E-state index in [2.05, 4.69) is 10.6 Å². The second-order valence-corrected chi connectivity index (χ2v) is 3.95. The van der Waals surface area contributed by atoms with Crippen molar-refractivity contribution in [1.82, 2.24) is 10.6 Å². The predicted molar refractivity (Wildman–Crippen MR) is 63.8 cm³/mol. The molecule has 0 aromatic carbocycles. The van der Waals surface area contributed by atoms with Crippen LogP contribution in [-0.4, -0.2) is 29.9 Å². The Hall–Kier alpha value is -1.10. The summed E-state index contributed by atoms with van der Waals surface area (Å²) in [5, 5.41) is 5.27. The van der Waals surface area contributed by atoms with Crippen LogP contribution in [0.5, 0.6) is 0 Å². The highest BCUT2D eigenvalue weighted by Crippen LogP contribution is 2.11. The summed E-state index contributed by atoms with van der Waals surface area (Å²) >= 11 is 0. The molecule has 0 aliphatic rings. The van der Waals surface area contributed by atoms with Crippen LogP contribution < -0.4 is 16.4 Å². The summed E-state index contributed by atoms with van der Waals surface area (Å²) in [5.41, 5.74) is 5.04. The molecule has 1 unspecified atom stereocenters. The molecule has 5 heteroatoms. The molecule has 0 spiro atoms. The fraction of sp³-hybridized carbons (Fsp3) is 0.818. The molecule has 0 heterocycles. The first kappa shape index (κ1) is 14.9. The van der Waals surface area contributed by atoms with Crippen LogP contribution in [0, 0.1) is 0 Å². The van der Waals surface area contributed by atoms with Gasteiger partial charge in [-0.05, 0) is 26.7 Å². The molecule has 0 aliphatic heterocycles. The average Bonchev–Trinajstić information content (AvgIpc) is 2.28. The van der Waals surface area contributed by atoms with Gasteiger partial charge in [0.25, 0.3) is 0 Å². The average molecular weight is 229 g/mol. The Bertz CT molecular complexity index is 250. The summed E-state index contributed by atoms with van der Waals surface area (Å²) in [4.78, 5) is 23.2. The van der Waals surface area contributed by atoms with E-state index in [1.807, 2.05) is 20.8 Å². The topological polar surface area (TPSA) is 84.2 Å². The van der Waals surface area contributed by atoms with E-state index in [-0.39, 0.29) is 11.8 Å². The van der Waals surface area contributed by atoms with E-state index in [0.717, 1.165) is 0 Å². The van der Waals surface area contributed by atoms with Crippen LogP contribution in [0.3, 0.4) is 0 Å². The van der Waals surface area contributed by atoms with E-state index in [4.69, 9.17) is 5.73 Å². The smallest absolute Gasteiger partial charge is 0.242 e. The summed E-state index contributed by atoms with van der Waals surface area (Å²) < 4.78 is 0. The van der Waals surface area contributed by atoms with Gasteiger partial charge >= 0.3 is 0 Å². The van der Waals surface area contributed by atoms with Crippen molar-refractivity contribution in [3.05, 3.63) is 0 Å². The molecule has 0 aromatic rings. The number of nitrogens with two attached hydrogens (primary N) is 1. The SMILES string of the molecule is CCNC(=O)C(C)NC(=O)C(N)(CC)CC. The number of nitrogens with one attached hydrogen (secondary N) is 2. The van der Waals surface area contributed by atoms with Crippen LogP contribution in [-0.2, 0) is 9.59 Å². The van der Waals surface area contributed by atoms with Gasteiger partial charge in [0.15, 0.2) is 0 Å². The maximum absolute atomic E-state index is 11.8. The maximum Gasteiger partial charge on any atom is 0.242 e. The Morgan fingerprint density at radius 3 is 2.12 bits per heavy atom. The van der Waals surface area contributed by atoms with Crippen LogP contribution in [0.2, 0.25) is 0 Å². The van der Waals surface area contributed by atoms with Crippen molar-refractivity contribution < 1.29 is 9.59 Å². The molecule has 1 atom stereocenters. The van der Waals surface area contributed by atoms with E-state index >= 15 is 0 Å². The molecule has 0 fully saturated rings. The number of amides is 2. The minimum Gasteiger partial charge on any atom is -0.355 e. The molecule has 94 valence electrons. The van der Waals surface area contributed by atoms with Crippen molar-refractivity contribution in [1.29, 1.82) is 0 Å². The van der Waals surface area contributed by atoms with Crippen molar-refractivity contribution in [3.8, 4) is 0 Å². The fourth-order valence-corrected chi connectivity index (χ4v) is 1.30. The van der Waals surface area contributed by atoms with Crippen LogP contribution in [0.15, 0.2) is 0 Å². The molecular weight excluding hydrogens is 206 g/mol. The molecule has 0 radical (unpaired) electrons. The normalized spacial score (nSPS) is 13.1. The molecule has 0 bridgehead atoms. The molecular formula is C11H23N3O2. The van der Waals surface area contributed by atoms with E-state index in [1.165, 1.54) is 0 Å². The van der Waals surface area contributed by atoms with Crippen molar-refractivity contribution in [2.24, 2.45) is 5.73 Å². The lowest BCUT2D eigenvalue weighted by atomic mass is 9.93. The summed E-state index contributed by atoms with van der Waals surface area (Å²) in [6, 6.07) is -0.548. The van der Waals surface area contributed by atoms with Gasteiger partial charge in [-0.3, -0.25) is 9.59 Å². The highest BCUT2D eigenvalue weighted by molar-refractivity contribution is 5.91. The monoisotopic (exact) mass is 229 g/mol. The van der Waals surface area contributed by atoms with E-state index in [0.29, 0.717) is 19.4 Å². The lowest BCUT2D eigenvalue weighted by Gasteiger charge is -2.27. The molecule has 5 nitrogen and oxygen atoms in total. The third-order valence-corrected chi connectivity index (χ3v) is 2.81. The highest BCUT2D eigenvalue weighted by Gasteiger charge is 2.31. The van der Waals surface area contributed by atoms with Crippen molar-refractivity contribution >= 4 is 11.8 Å². The Balaban J connectivity index is 4.39. The molecule has 0 aromatic heterocycles. The van der Waals surface area contributed by atoms with Gasteiger partial charge in [0.05, 0.1) is 5.54 Å². The second kappa shape index (κ2) is 6.48. The summed E-state index contributed by atoms with van der Waals surface area (Å²) in [7, 11) is 0. The highest BCUT2D eigenvalue weighted by atomic mass is 16.2. The van der Waals surface area contributed by atoms with Gasteiger partial charge < -0.3 is 16.4 Å². The number of likely N-dealkylation sites (N-methyl/N-ethyl adjacent to an activating group) is 1. The van der Waals surface area contributed by atoms with Crippen LogP contribution in [0.4, 0.5) is 0 Å². The van der Waals surface area contributed by atoms with Crippen molar-refractivity contribution in [2.45, 2.75) is 52.1 Å². The van der Waals surface area contributed by atoms with Gasteiger partial charge in [-0.1, -0.05) is 13.8 Å². The van der Waals surface area contributed by atoms with Gasteiger partial charge in [-0.25, -0.2) is 0 Å². The maximum atomic E-state index is 11.8. The first-order chi connectivity index (χ1) is 7.41. The second-order valence-electron chi connectivity index (χ2n) is 3.95. The lowest BCUT2D eigenvalue weighted by molar-refractivity contribution is -0.131. The molecule has 16 heavy (non-hydrogen) atoms. The molecule has 0 saturated heterocycles. The molecule has 2 amide bonds. The third-order valence-electron chi connectivity index (χ3n) is 2.81. The van der Waals surface area contributed by atoms with Gasteiger partial charge in [0, 0.05) is 6.54 Å². The summed E-state index contributed by atoms with van der Waals surface area (Å²) in [5.74, 6) is -0.457. The summed E-state index contributed by atoms with van der Waals surface area (Å²) in [6.07, 6.45) is 1.11. The standard InChI is InChI=1S/C11H23N3O2/c1-5-11(12,6-2)10(16)14-8(4)9(15)13-7-3/h8H,5-7,12H2,1-4H3,(H,13,15)(H,14,16). The first-order valence-electron chi connectivity index (χ1n) is 5.78. The molecule has 0 rings (SSSR count). The predicted octanol–water partition coefficient (Wildman–Crippen LogP) is 0.145. The van der Waals surface area contributed by atoms with Crippen LogP contribution >= 0.6 is 0 Å². The van der Waals surface area contributed by atoms with Crippen LogP contribution in [0.1, 0.15) is 40.5 Å². The third kappa shape index (κ3) is 3.81. The molecule has 4 N–H and O–H groups in total. The zero-order chi connectivity index (χ0) is 12.8. The van der Waals surface area contributed by atoms with E-state index in [9.17, 15) is 9.59 Å². The number of hydrogen-bond acceptors (Lipinski definition) is 3. The van der Waals surface area contributed by atoms with Gasteiger partial charge in [-0.15, -0.1) is 0 Å².